The summed E-state index contributed by atoms with van der Waals surface area (Å²) < 4.78 is 0.945. The van der Waals surface area contributed by atoms with Gasteiger partial charge in [-0.2, -0.15) is 5.01 Å². The number of thiazole rings is 1. The first-order valence-electron chi connectivity index (χ1n) is 14.2. The Bertz CT molecular complexity index is 1620. The number of hydrazine groups is 1. The second kappa shape index (κ2) is 11.9. The van der Waals surface area contributed by atoms with Gasteiger partial charge in [0.2, 0.25) is 11.8 Å². The molecule has 0 saturated carbocycles. The molecule has 4 N–H and O–H groups in total. The number of urea groups is 1. The molecular weight excluding hydrogens is 570 g/mol. The van der Waals surface area contributed by atoms with Gasteiger partial charge in [0.1, 0.15) is 12.2 Å². The van der Waals surface area contributed by atoms with Gasteiger partial charge in [-0.05, 0) is 34.0 Å². The van der Waals surface area contributed by atoms with Crippen LogP contribution < -0.4 is 11.1 Å². The lowest BCUT2D eigenvalue weighted by Gasteiger charge is -2.45. The molecular formula is C28H33N11O3S. The molecule has 14 nitrogen and oxygen atoms in total. The summed E-state index contributed by atoms with van der Waals surface area (Å²) in [4.78, 5) is 48.6. The van der Waals surface area contributed by atoms with Crippen molar-refractivity contribution < 1.29 is 14.4 Å². The molecule has 2 aliphatic heterocycles. The van der Waals surface area contributed by atoms with Crippen LogP contribution in [0.2, 0.25) is 0 Å². The number of piperazine rings is 1. The van der Waals surface area contributed by atoms with Crippen molar-refractivity contribution in [1.29, 1.82) is 0 Å². The van der Waals surface area contributed by atoms with Crippen molar-refractivity contribution in [2.75, 3.05) is 32.4 Å². The highest BCUT2D eigenvalue weighted by Gasteiger charge is 2.51. The van der Waals surface area contributed by atoms with Crippen molar-refractivity contribution in [1.82, 2.24) is 50.7 Å². The molecule has 0 unspecified atom stereocenters. The number of tetrazole rings is 1. The number of aromatic nitrogens is 5. The third-order valence-electron chi connectivity index (χ3n) is 7.93. The molecule has 2 aliphatic rings. The Labute approximate surface area is 251 Å². The molecule has 4 amide bonds. The number of nitrogens with two attached hydrogens (primary N) is 1. The highest BCUT2D eigenvalue weighted by atomic mass is 32.1. The number of H-pyrrole nitrogens is 1. The first-order valence-corrected chi connectivity index (χ1v) is 15.0. The van der Waals surface area contributed by atoms with Crippen molar-refractivity contribution in [2.45, 2.75) is 44.9 Å². The number of nitrogen functional groups attached to an aromatic ring is 1. The van der Waals surface area contributed by atoms with Crippen molar-refractivity contribution >= 4 is 44.5 Å². The number of nitrogens with one attached hydrogen (secondary N) is 2. The van der Waals surface area contributed by atoms with E-state index in [0.717, 1.165) is 39.7 Å². The summed E-state index contributed by atoms with van der Waals surface area (Å²) in [5, 5.41) is 20.5. The fraction of sp³-hybridized carbons (Fsp3) is 0.393. The number of fused-ring (bicyclic) bond motifs is 2. The van der Waals surface area contributed by atoms with Crippen LogP contribution in [0.4, 0.5) is 9.93 Å². The van der Waals surface area contributed by atoms with Gasteiger partial charge in [-0.1, -0.05) is 61.1 Å². The SMILES string of the molecule is CCCCNC(=O)N(C)N1CC(=O)N2[C@@H](Cc3ccc(-c4nnn[nH]4)cc3)C(=O)N(Cc3cccc4sc(N)nc34)C[C@@H]21. The Balaban J connectivity index is 1.30. The van der Waals surface area contributed by atoms with Crippen LogP contribution >= 0.6 is 11.3 Å². The van der Waals surface area contributed by atoms with E-state index >= 15 is 0 Å². The van der Waals surface area contributed by atoms with Crippen LogP contribution in [0.15, 0.2) is 42.5 Å². The Morgan fingerprint density at radius 2 is 2.02 bits per heavy atom. The standard InChI is InChI=1S/C28H33N11O3S/c1-3-4-12-30-28(42)36(2)38-16-23(40)39-20(13-17-8-10-18(11-9-17)25-32-34-35-33-25)26(41)37(15-22(38)39)14-19-6-5-7-21-24(19)31-27(29)43-21/h5-11,20,22H,3-4,12-16H2,1-2H3,(H2,29,31)(H,30,42)(H,32,33,34,35)/t20-,22+/m0/s1. The van der Waals surface area contributed by atoms with Crippen molar-refractivity contribution in [3.05, 3.63) is 53.6 Å². The minimum atomic E-state index is -0.759. The molecule has 4 aromatic rings. The molecule has 2 atom stereocenters. The summed E-state index contributed by atoms with van der Waals surface area (Å²) in [6.07, 6.45) is 1.60. The number of hydrogen-bond acceptors (Lipinski definition) is 10. The van der Waals surface area contributed by atoms with Gasteiger partial charge < -0.3 is 20.9 Å². The van der Waals surface area contributed by atoms with Crippen molar-refractivity contribution in [2.24, 2.45) is 0 Å². The zero-order valence-electron chi connectivity index (χ0n) is 23.9. The number of anilines is 1. The molecule has 2 aromatic heterocycles. The number of nitrogens with zero attached hydrogens (tertiary/aromatic N) is 8. The maximum atomic E-state index is 14.1. The van der Waals surface area contributed by atoms with Crippen molar-refractivity contribution in [3.8, 4) is 11.4 Å². The van der Waals surface area contributed by atoms with Crippen LogP contribution in [-0.2, 0) is 22.6 Å². The van der Waals surface area contributed by atoms with Crippen LogP contribution in [0, 0.1) is 0 Å². The lowest BCUT2D eigenvalue weighted by atomic mass is 9.99. The van der Waals surface area contributed by atoms with E-state index in [1.165, 1.54) is 16.3 Å². The third kappa shape index (κ3) is 5.60. The molecule has 4 heterocycles. The number of carbonyl (C=O) groups is 3. The van der Waals surface area contributed by atoms with E-state index in [-0.39, 0.29) is 30.9 Å². The van der Waals surface area contributed by atoms with Crippen LogP contribution in [0.25, 0.3) is 21.6 Å². The minimum Gasteiger partial charge on any atom is -0.375 e. The van der Waals surface area contributed by atoms with Gasteiger partial charge in [0.25, 0.3) is 0 Å². The van der Waals surface area contributed by atoms with Gasteiger partial charge in [-0.25, -0.2) is 14.9 Å². The molecule has 224 valence electrons. The van der Waals surface area contributed by atoms with E-state index in [0.29, 0.717) is 30.5 Å². The first-order chi connectivity index (χ1) is 20.8. The Morgan fingerprint density at radius 1 is 1.21 bits per heavy atom. The zero-order chi connectivity index (χ0) is 30.1. The number of unbranched alkanes of at least 4 members (excludes halogenated alkanes) is 1. The summed E-state index contributed by atoms with van der Waals surface area (Å²) in [5.74, 6) is 0.175. The summed E-state index contributed by atoms with van der Waals surface area (Å²) in [6.45, 7) is 3.13. The summed E-state index contributed by atoms with van der Waals surface area (Å²) in [5.41, 5.74) is 9.32. The number of amides is 4. The molecule has 2 saturated heterocycles. The molecule has 0 bridgehead atoms. The highest BCUT2D eigenvalue weighted by Crippen LogP contribution is 2.32. The van der Waals surface area contributed by atoms with Crippen LogP contribution in [0.1, 0.15) is 30.9 Å². The number of benzene rings is 2. The van der Waals surface area contributed by atoms with Gasteiger partial charge in [-0.15, -0.1) is 5.10 Å². The lowest BCUT2D eigenvalue weighted by Crippen LogP contribution is -2.65. The average molecular weight is 604 g/mol. The van der Waals surface area contributed by atoms with Crippen molar-refractivity contribution in [3.63, 3.8) is 0 Å². The quantitative estimate of drug-likeness (QED) is 0.242. The van der Waals surface area contributed by atoms with Crippen LogP contribution in [0.3, 0.4) is 0 Å². The molecule has 2 aromatic carbocycles. The van der Waals surface area contributed by atoms with Crippen LogP contribution in [0.5, 0.6) is 0 Å². The number of hydrogen-bond donors (Lipinski definition) is 3. The number of para-hydroxylation sites is 1. The highest BCUT2D eigenvalue weighted by molar-refractivity contribution is 7.22. The van der Waals surface area contributed by atoms with E-state index in [4.69, 9.17) is 5.73 Å². The second-order valence-electron chi connectivity index (χ2n) is 10.7. The van der Waals surface area contributed by atoms with Gasteiger partial charge in [-0.3, -0.25) is 14.6 Å². The van der Waals surface area contributed by atoms with Gasteiger partial charge >= 0.3 is 6.03 Å². The van der Waals surface area contributed by atoms with Gasteiger partial charge in [0.05, 0.1) is 23.3 Å². The smallest absolute Gasteiger partial charge is 0.331 e. The monoisotopic (exact) mass is 603 g/mol. The summed E-state index contributed by atoms with van der Waals surface area (Å²) in [7, 11) is 1.66. The number of aromatic amines is 1. The fourth-order valence-electron chi connectivity index (χ4n) is 5.71. The summed E-state index contributed by atoms with van der Waals surface area (Å²) in [6, 6.07) is 12.3. The molecule has 15 heteroatoms. The third-order valence-corrected chi connectivity index (χ3v) is 8.78. The fourth-order valence-corrected chi connectivity index (χ4v) is 6.49. The predicted molar refractivity (Wildman–Crippen MR) is 160 cm³/mol. The van der Waals surface area contributed by atoms with Gasteiger partial charge in [0, 0.05) is 32.1 Å². The second-order valence-corrected chi connectivity index (χ2v) is 11.8. The molecule has 0 aliphatic carbocycles. The molecule has 0 spiro atoms. The van der Waals surface area contributed by atoms with Crippen LogP contribution in [-0.4, -0.2) is 102 Å². The topological polar surface area (TPSA) is 170 Å². The summed E-state index contributed by atoms with van der Waals surface area (Å²) >= 11 is 1.40. The number of carbonyl (C=O) groups excluding carboxylic acids is 3. The van der Waals surface area contributed by atoms with E-state index in [1.54, 1.807) is 21.9 Å². The molecule has 2 fully saturated rings. The minimum absolute atomic E-state index is 0.00435. The van der Waals surface area contributed by atoms with Gasteiger partial charge in [0.15, 0.2) is 11.0 Å². The Kier molecular flexibility index (Phi) is 7.90. The first kappa shape index (κ1) is 28.5. The van der Waals surface area contributed by atoms with E-state index in [1.807, 2.05) is 42.5 Å². The predicted octanol–water partition coefficient (Wildman–Crippen LogP) is 1.84. The Hall–Kier alpha value is -4.63. The largest absolute Gasteiger partial charge is 0.375 e. The zero-order valence-corrected chi connectivity index (χ0v) is 24.8. The normalized spacial score (nSPS) is 18.8. The van der Waals surface area contributed by atoms with E-state index < -0.39 is 12.2 Å². The average Bonchev–Trinajstić information content (AvgIpc) is 3.74. The molecule has 0 radical (unpaired) electrons. The lowest BCUT2D eigenvalue weighted by molar-refractivity contribution is -0.157. The Morgan fingerprint density at radius 3 is 2.77 bits per heavy atom. The maximum absolute atomic E-state index is 14.1. The van der Waals surface area contributed by atoms with E-state index in [2.05, 4.69) is 37.8 Å². The maximum Gasteiger partial charge on any atom is 0.331 e. The molecule has 43 heavy (non-hydrogen) atoms. The van der Waals surface area contributed by atoms with E-state index in [9.17, 15) is 14.4 Å². The number of rotatable bonds is 9. The molecule has 6 rings (SSSR count).